The molecule has 1 aromatic rings. The Balaban J connectivity index is 1.95. The van der Waals surface area contributed by atoms with E-state index in [1.807, 2.05) is 0 Å². The second kappa shape index (κ2) is 5.04. The van der Waals surface area contributed by atoms with Crippen molar-refractivity contribution in [1.82, 2.24) is 9.88 Å². The number of alkyl halides is 3. The Morgan fingerprint density at radius 3 is 2.60 bits per heavy atom. The van der Waals surface area contributed by atoms with Crippen LogP contribution in [-0.4, -0.2) is 33.9 Å². The third-order valence-corrected chi connectivity index (χ3v) is 3.85. The number of amides is 1. The molecular formula is C11H11F3N2O3S. The zero-order valence-electron chi connectivity index (χ0n) is 10.3. The van der Waals surface area contributed by atoms with E-state index >= 15 is 0 Å². The minimum Gasteiger partial charge on any atom is -0.481 e. The predicted molar refractivity (Wildman–Crippen MR) is 62.8 cm³/mol. The van der Waals surface area contributed by atoms with E-state index < -0.39 is 29.7 Å². The lowest BCUT2D eigenvalue weighted by Gasteiger charge is -2.15. The molecule has 1 aliphatic carbocycles. The van der Waals surface area contributed by atoms with Crippen molar-refractivity contribution >= 4 is 23.2 Å². The van der Waals surface area contributed by atoms with Gasteiger partial charge in [0.25, 0.3) is 0 Å². The summed E-state index contributed by atoms with van der Waals surface area (Å²) in [6.07, 6.45) is -4.22. The highest BCUT2D eigenvalue weighted by Crippen LogP contribution is 2.40. The highest BCUT2D eigenvalue weighted by atomic mass is 32.1. The maximum Gasteiger partial charge on any atom is 0.434 e. The van der Waals surface area contributed by atoms with Crippen molar-refractivity contribution in [3.8, 4) is 0 Å². The Hall–Kier alpha value is -1.64. The highest BCUT2D eigenvalue weighted by Gasteiger charge is 2.49. The van der Waals surface area contributed by atoms with Gasteiger partial charge < -0.3 is 10.0 Å². The van der Waals surface area contributed by atoms with Gasteiger partial charge >= 0.3 is 12.1 Å². The van der Waals surface area contributed by atoms with E-state index in [4.69, 9.17) is 5.11 Å². The number of rotatable bonds is 4. The normalized spacial score (nSPS) is 21.6. The average Bonchev–Trinajstić information content (AvgIpc) is 3.00. The van der Waals surface area contributed by atoms with Crippen LogP contribution in [0.3, 0.4) is 0 Å². The SMILES string of the molecule is CN(Cc1nc(C(F)(F)F)cs1)C(=O)C1CC1C(=O)O. The first-order valence-electron chi connectivity index (χ1n) is 5.69. The van der Waals surface area contributed by atoms with Gasteiger partial charge in [-0.25, -0.2) is 4.98 Å². The van der Waals surface area contributed by atoms with Crippen molar-refractivity contribution in [1.29, 1.82) is 0 Å². The molecule has 1 amide bonds. The van der Waals surface area contributed by atoms with Crippen molar-refractivity contribution in [3.63, 3.8) is 0 Å². The molecule has 2 rings (SSSR count). The summed E-state index contributed by atoms with van der Waals surface area (Å²) in [5.74, 6) is -2.64. The summed E-state index contributed by atoms with van der Waals surface area (Å²) in [5, 5.41) is 9.79. The molecule has 0 saturated heterocycles. The predicted octanol–water partition coefficient (Wildman–Crippen LogP) is 1.84. The number of hydrogen-bond donors (Lipinski definition) is 1. The Labute approximate surface area is 116 Å². The number of aromatic nitrogens is 1. The van der Waals surface area contributed by atoms with E-state index in [9.17, 15) is 22.8 Å². The summed E-state index contributed by atoms with van der Waals surface area (Å²) in [7, 11) is 1.42. The molecule has 9 heteroatoms. The van der Waals surface area contributed by atoms with Crippen LogP contribution in [0.1, 0.15) is 17.1 Å². The lowest BCUT2D eigenvalue weighted by atomic mass is 10.3. The van der Waals surface area contributed by atoms with Crippen LogP contribution in [0, 0.1) is 11.8 Å². The van der Waals surface area contributed by atoms with Crippen molar-refractivity contribution in [2.45, 2.75) is 19.1 Å². The van der Waals surface area contributed by atoms with Crippen molar-refractivity contribution in [3.05, 3.63) is 16.1 Å². The molecule has 2 unspecified atom stereocenters. The molecule has 0 aliphatic heterocycles. The molecule has 0 spiro atoms. The number of aliphatic carboxylic acids is 1. The van der Waals surface area contributed by atoms with Crippen molar-refractivity contribution in [2.75, 3.05) is 7.05 Å². The number of nitrogens with zero attached hydrogens (tertiary/aromatic N) is 2. The van der Waals surface area contributed by atoms with Crippen LogP contribution in [0.4, 0.5) is 13.2 Å². The summed E-state index contributed by atoms with van der Waals surface area (Å²) in [4.78, 5) is 27.1. The first kappa shape index (κ1) is 14.8. The quantitative estimate of drug-likeness (QED) is 0.921. The minimum absolute atomic E-state index is 0.0532. The number of hydrogen-bond acceptors (Lipinski definition) is 4. The van der Waals surface area contributed by atoms with Crippen LogP contribution < -0.4 is 0 Å². The first-order chi connectivity index (χ1) is 9.20. The van der Waals surface area contributed by atoms with Crippen LogP contribution in [-0.2, 0) is 22.3 Å². The zero-order valence-corrected chi connectivity index (χ0v) is 11.2. The van der Waals surface area contributed by atoms with Gasteiger partial charge in [-0.1, -0.05) is 0 Å². The zero-order chi connectivity index (χ0) is 15.1. The summed E-state index contributed by atoms with van der Waals surface area (Å²) >= 11 is 0.820. The van der Waals surface area contributed by atoms with E-state index in [1.54, 1.807) is 0 Å². The average molecular weight is 308 g/mol. The van der Waals surface area contributed by atoms with Gasteiger partial charge in [-0.15, -0.1) is 11.3 Å². The molecule has 0 bridgehead atoms. The maximum atomic E-state index is 12.4. The Kier molecular flexibility index (Phi) is 3.72. The summed E-state index contributed by atoms with van der Waals surface area (Å²) < 4.78 is 37.1. The molecule has 2 atom stereocenters. The molecule has 1 saturated carbocycles. The van der Waals surface area contributed by atoms with Gasteiger partial charge in [0.2, 0.25) is 5.91 Å². The Bertz CT molecular complexity index is 543. The molecule has 20 heavy (non-hydrogen) atoms. The van der Waals surface area contributed by atoms with E-state index in [0.29, 0.717) is 0 Å². The summed E-state index contributed by atoms with van der Waals surface area (Å²) in [6.45, 7) is -0.0532. The lowest BCUT2D eigenvalue weighted by molar-refractivity contribution is -0.142. The fourth-order valence-electron chi connectivity index (χ4n) is 1.82. The van der Waals surface area contributed by atoms with Gasteiger partial charge in [0.05, 0.1) is 18.4 Å². The van der Waals surface area contributed by atoms with Crippen LogP contribution >= 0.6 is 11.3 Å². The molecule has 1 aliphatic rings. The Morgan fingerprint density at radius 2 is 2.15 bits per heavy atom. The smallest absolute Gasteiger partial charge is 0.434 e. The summed E-state index contributed by atoms with van der Waals surface area (Å²) in [5.41, 5.74) is -0.979. The highest BCUT2D eigenvalue weighted by molar-refractivity contribution is 7.09. The number of carboxylic acids is 1. The minimum atomic E-state index is -4.50. The third kappa shape index (κ3) is 3.09. The largest absolute Gasteiger partial charge is 0.481 e. The van der Waals surface area contributed by atoms with E-state index in [-0.39, 0.29) is 23.9 Å². The fourth-order valence-corrected chi connectivity index (χ4v) is 2.67. The number of halogens is 3. The topological polar surface area (TPSA) is 70.5 Å². The second-order valence-electron chi connectivity index (χ2n) is 4.61. The molecular weight excluding hydrogens is 297 g/mol. The number of carboxylic acid groups (broad SMARTS) is 1. The number of carbonyl (C=O) groups is 2. The lowest BCUT2D eigenvalue weighted by Crippen LogP contribution is -2.28. The van der Waals surface area contributed by atoms with Gasteiger partial charge in [0, 0.05) is 12.4 Å². The van der Waals surface area contributed by atoms with Gasteiger partial charge in [0.15, 0.2) is 5.69 Å². The molecule has 0 radical (unpaired) electrons. The molecule has 1 fully saturated rings. The van der Waals surface area contributed by atoms with Crippen molar-refractivity contribution < 1.29 is 27.9 Å². The van der Waals surface area contributed by atoms with Gasteiger partial charge in [-0.3, -0.25) is 9.59 Å². The molecule has 0 aromatic carbocycles. The second-order valence-corrected chi connectivity index (χ2v) is 5.55. The van der Waals surface area contributed by atoms with E-state index in [2.05, 4.69) is 4.98 Å². The number of carbonyl (C=O) groups excluding carboxylic acids is 1. The Morgan fingerprint density at radius 1 is 1.50 bits per heavy atom. The summed E-state index contributed by atoms with van der Waals surface area (Å²) in [6, 6.07) is 0. The molecule has 110 valence electrons. The van der Waals surface area contributed by atoms with E-state index in [0.717, 1.165) is 16.7 Å². The monoisotopic (exact) mass is 308 g/mol. The first-order valence-corrected chi connectivity index (χ1v) is 6.57. The van der Waals surface area contributed by atoms with Gasteiger partial charge in [-0.2, -0.15) is 13.2 Å². The van der Waals surface area contributed by atoms with Gasteiger partial charge in [0.1, 0.15) is 5.01 Å². The molecule has 1 heterocycles. The van der Waals surface area contributed by atoms with Crippen LogP contribution in [0.15, 0.2) is 5.38 Å². The van der Waals surface area contributed by atoms with Crippen LogP contribution in [0.25, 0.3) is 0 Å². The fraction of sp³-hybridized carbons (Fsp3) is 0.545. The molecule has 5 nitrogen and oxygen atoms in total. The molecule has 1 N–H and O–H groups in total. The van der Waals surface area contributed by atoms with Crippen molar-refractivity contribution in [2.24, 2.45) is 11.8 Å². The molecule has 1 aromatic heterocycles. The van der Waals surface area contributed by atoms with Crippen LogP contribution in [0.5, 0.6) is 0 Å². The number of thiazole rings is 1. The van der Waals surface area contributed by atoms with E-state index in [1.165, 1.54) is 11.9 Å². The third-order valence-electron chi connectivity index (χ3n) is 3.02. The van der Waals surface area contributed by atoms with Gasteiger partial charge in [-0.05, 0) is 6.42 Å². The standard InChI is InChI=1S/C11H11F3N2O3S/c1-16(9(17)5-2-6(5)10(18)19)3-8-15-7(4-20-8)11(12,13)14/h4-6H,2-3H2,1H3,(H,18,19). The van der Waals surface area contributed by atoms with Crippen LogP contribution in [0.2, 0.25) is 0 Å². The maximum absolute atomic E-state index is 12.4.